The van der Waals surface area contributed by atoms with Gasteiger partial charge in [0, 0.05) is 13.1 Å². The zero-order valence-electron chi connectivity index (χ0n) is 15.6. The van der Waals surface area contributed by atoms with Crippen LogP contribution in [0.4, 0.5) is 0 Å². The molecule has 0 saturated heterocycles. The minimum absolute atomic E-state index is 0.0762. The van der Waals surface area contributed by atoms with Gasteiger partial charge < -0.3 is 10.2 Å². The van der Waals surface area contributed by atoms with Gasteiger partial charge in [-0.3, -0.25) is 14.1 Å². The smallest absolute Gasteiger partial charge is 0.318 e. The second-order valence-electron chi connectivity index (χ2n) is 6.17. The molecule has 0 spiro atoms. The molecule has 2 aromatic carbocycles. The van der Waals surface area contributed by atoms with Gasteiger partial charge in [-0.05, 0) is 23.3 Å². The van der Waals surface area contributed by atoms with Crippen molar-refractivity contribution in [3.63, 3.8) is 0 Å². The number of nitrogens with zero attached hydrogens (tertiary/aromatic N) is 2. The lowest BCUT2D eigenvalue weighted by Gasteiger charge is -2.23. The monoisotopic (exact) mass is 456 g/mol. The summed E-state index contributed by atoms with van der Waals surface area (Å²) in [6, 6.07) is 13.6. The Morgan fingerprint density at radius 3 is 1.83 bits per heavy atom. The van der Waals surface area contributed by atoms with E-state index in [0.29, 0.717) is 11.1 Å². The van der Waals surface area contributed by atoms with Gasteiger partial charge in [0.2, 0.25) is 21.3 Å². The molecule has 12 heteroatoms. The number of aliphatic carboxylic acids is 2. The lowest BCUT2D eigenvalue weighted by atomic mass is 10.1. The number of carboxylic acid groups (broad SMARTS) is 2. The standard InChI is InChI=1S/C18H20N2O8S2/c21-17(22)12-19(29(25)26)10-14-6-4-5-7-15(14)11-20(13-18(23)24)30(27,28)16-8-2-1-3-9-16/h1-9H,10-13H2,(H,21,22)(H,23,24)(H,25,26). The van der Waals surface area contributed by atoms with E-state index in [1.54, 1.807) is 30.3 Å². The fraction of sp³-hybridized carbons (Fsp3) is 0.222. The van der Waals surface area contributed by atoms with Gasteiger partial charge in [-0.15, -0.1) is 0 Å². The molecule has 0 saturated carbocycles. The minimum Gasteiger partial charge on any atom is -0.480 e. The predicted molar refractivity (Wildman–Crippen MR) is 107 cm³/mol. The third-order valence-corrected chi connectivity index (χ3v) is 6.54. The number of sulfonamides is 1. The topological polar surface area (TPSA) is 153 Å². The Balaban J connectivity index is 2.38. The maximum absolute atomic E-state index is 12.9. The Labute approximate surface area is 175 Å². The molecule has 0 aliphatic rings. The predicted octanol–water partition coefficient (Wildman–Crippen LogP) is 0.985. The van der Waals surface area contributed by atoms with Gasteiger partial charge in [0.25, 0.3) is 0 Å². The number of carboxylic acids is 2. The first-order valence-electron chi connectivity index (χ1n) is 8.52. The van der Waals surface area contributed by atoms with Crippen LogP contribution in [0.2, 0.25) is 0 Å². The van der Waals surface area contributed by atoms with E-state index in [9.17, 15) is 31.9 Å². The zero-order valence-corrected chi connectivity index (χ0v) is 17.3. The van der Waals surface area contributed by atoms with Gasteiger partial charge in [0.1, 0.15) is 13.1 Å². The van der Waals surface area contributed by atoms with Crippen LogP contribution in [0, 0.1) is 0 Å². The van der Waals surface area contributed by atoms with E-state index in [0.717, 1.165) is 8.61 Å². The molecule has 0 heterocycles. The SMILES string of the molecule is O=C(O)CN(Cc1ccccc1CN(CC(=O)O)S(=O)(=O)c1ccccc1)S(=O)O. The molecular weight excluding hydrogens is 436 g/mol. The molecular formula is C18H20N2O8S2. The van der Waals surface area contributed by atoms with Crippen LogP contribution in [-0.4, -0.2) is 61.0 Å². The van der Waals surface area contributed by atoms with E-state index in [1.807, 2.05) is 0 Å². The van der Waals surface area contributed by atoms with Crippen molar-refractivity contribution in [3.8, 4) is 0 Å². The first-order valence-corrected chi connectivity index (χ1v) is 11.0. The Morgan fingerprint density at radius 2 is 1.33 bits per heavy atom. The molecule has 0 radical (unpaired) electrons. The van der Waals surface area contributed by atoms with Crippen molar-refractivity contribution in [2.24, 2.45) is 0 Å². The third kappa shape index (κ3) is 6.43. The Hall–Kier alpha value is -2.64. The summed E-state index contributed by atoms with van der Waals surface area (Å²) in [6.45, 7) is -2.08. The van der Waals surface area contributed by atoms with Crippen LogP contribution in [0.25, 0.3) is 0 Å². The van der Waals surface area contributed by atoms with Crippen LogP contribution in [0.3, 0.4) is 0 Å². The molecule has 0 aliphatic carbocycles. The molecule has 1 unspecified atom stereocenters. The molecule has 3 N–H and O–H groups in total. The molecule has 2 rings (SSSR count). The summed E-state index contributed by atoms with van der Waals surface area (Å²) in [4.78, 5) is 22.2. The van der Waals surface area contributed by atoms with Crippen LogP contribution in [-0.2, 0) is 44.0 Å². The van der Waals surface area contributed by atoms with Crippen LogP contribution in [0.5, 0.6) is 0 Å². The average Bonchev–Trinajstić information content (AvgIpc) is 2.68. The number of rotatable bonds is 11. The highest BCUT2D eigenvalue weighted by atomic mass is 32.2. The number of hydrogen-bond acceptors (Lipinski definition) is 5. The first kappa shape index (κ1) is 23.6. The summed E-state index contributed by atoms with van der Waals surface area (Å²) in [5.41, 5.74) is 0.763. The van der Waals surface area contributed by atoms with Crippen LogP contribution < -0.4 is 0 Å². The van der Waals surface area contributed by atoms with Crippen molar-refractivity contribution >= 4 is 33.2 Å². The van der Waals surface area contributed by atoms with E-state index in [-0.39, 0.29) is 18.0 Å². The molecule has 0 aromatic heterocycles. The van der Waals surface area contributed by atoms with Gasteiger partial charge in [0.15, 0.2) is 0 Å². The van der Waals surface area contributed by atoms with Crippen molar-refractivity contribution in [1.82, 2.24) is 8.61 Å². The van der Waals surface area contributed by atoms with Crippen molar-refractivity contribution in [2.75, 3.05) is 13.1 Å². The summed E-state index contributed by atoms with van der Waals surface area (Å²) < 4.78 is 48.2. The van der Waals surface area contributed by atoms with Gasteiger partial charge in [0.05, 0.1) is 4.90 Å². The van der Waals surface area contributed by atoms with Gasteiger partial charge in [-0.2, -0.15) is 8.61 Å². The molecule has 2 aromatic rings. The van der Waals surface area contributed by atoms with Gasteiger partial charge >= 0.3 is 11.9 Å². The summed E-state index contributed by atoms with van der Waals surface area (Å²) in [7, 11) is -4.14. The first-order chi connectivity index (χ1) is 14.1. The molecule has 0 amide bonds. The Bertz CT molecular complexity index is 1030. The fourth-order valence-electron chi connectivity index (χ4n) is 2.68. The second kappa shape index (κ2) is 10.4. The van der Waals surface area contributed by atoms with E-state index < -0.39 is 46.3 Å². The van der Waals surface area contributed by atoms with Crippen molar-refractivity contribution in [2.45, 2.75) is 18.0 Å². The summed E-state index contributed by atoms with van der Waals surface area (Å²) in [5.74, 6) is -2.66. The summed E-state index contributed by atoms with van der Waals surface area (Å²) in [6.07, 6.45) is 0. The highest BCUT2D eigenvalue weighted by Gasteiger charge is 2.28. The maximum atomic E-state index is 12.9. The fourth-order valence-corrected chi connectivity index (χ4v) is 4.54. The van der Waals surface area contributed by atoms with Crippen molar-refractivity contribution in [1.29, 1.82) is 0 Å². The molecule has 0 fully saturated rings. The quantitative estimate of drug-likeness (QED) is 0.423. The Kier molecular flexibility index (Phi) is 8.20. The Morgan fingerprint density at radius 1 is 0.833 bits per heavy atom. The minimum atomic E-state index is -4.14. The number of benzene rings is 2. The summed E-state index contributed by atoms with van der Waals surface area (Å²) in [5, 5.41) is 18.1. The van der Waals surface area contributed by atoms with Gasteiger partial charge in [-0.25, -0.2) is 12.6 Å². The largest absolute Gasteiger partial charge is 0.480 e. The van der Waals surface area contributed by atoms with E-state index in [4.69, 9.17) is 5.11 Å². The van der Waals surface area contributed by atoms with E-state index in [1.165, 1.54) is 24.3 Å². The third-order valence-electron chi connectivity index (χ3n) is 4.04. The van der Waals surface area contributed by atoms with E-state index >= 15 is 0 Å². The number of hydrogen-bond donors (Lipinski definition) is 3. The average molecular weight is 456 g/mol. The van der Waals surface area contributed by atoms with Crippen LogP contribution in [0.15, 0.2) is 59.5 Å². The maximum Gasteiger partial charge on any atom is 0.318 e. The highest BCUT2D eigenvalue weighted by molar-refractivity contribution is 7.89. The molecule has 0 aliphatic heterocycles. The zero-order chi connectivity index (χ0) is 22.3. The molecule has 162 valence electrons. The molecule has 10 nitrogen and oxygen atoms in total. The molecule has 30 heavy (non-hydrogen) atoms. The highest BCUT2D eigenvalue weighted by Crippen LogP contribution is 2.21. The van der Waals surface area contributed by atoms with Crippen molar-refractivity contribution in [3.05, 3.63) is 65.7 Å². The second-order valence-corrected chi connectivity index (χ2v) is 9.09. The normalized spacial score (nSPS) is 12.8. The molecule has 0 bridgehead atoms. The summed E-state index contributed by atoms with van der Waals surface area (Å²) >= 11 is -2.57. The van der Waals surface area contributed by atoms with Crippen LogP contribution in [0.1, 0.15) is 11.1 Å². The number of carbonyl (C=O) groups is 2. The van der Waals surface area contributed by atoms with Crippen LogP contribution >= 0.6 is 0 Å². The van der Waals surface area contributed by atoms with Crippen molar-refractivity contribution < 1.29 is 37.0 Å². The van der Waals surface area contributed by atoms with E-state index in [2.05, 4.69) is 0 Å². The van der Waals surface area contributed by atoms with Gasteiger partial charge in [-0.1, -0.05) is 42.5 Å². The lowest BCUT2D eigenvalue weighted by molar-refractivity contribution is -0.138. The molecule has 1 atom stereocenters. The lowest BCUT2D eigenvalue weighted by Crippen LogP contribution is -2.36.